The summed E-state index contributed by atoms with van der Waals surface area (Å²) >= 11 is 0. The highest BCUT2D eigenvalue weighted by atomic mass is 16.5. The lowest BCUT2D eigenvalue weighted by atomic mass is 10.1. The lowest BCUT2D eigenvalue weighted by Gasteiger charge is -2.16. The molecule has 0 bridgehead atoms. The summed E-state index contributed by atoms with van der Waals surface area (Å²) in [6.07, 6.45) is 0.124. The Morgan fingerprint density at radius 2 is 2.25 bits per heavy atom. The predicted octanol–water partition coefficient (Wildman–Crippen LogP) is 1.73. The number of hydrogen-bond donors (Lipinski definition) is 3. The quantitative estimate of drug-likeness (QED) is 0.523. The molecule has 0 aromatic heterocycles. The molecule has 0 spiro atoms. The van der Waals surface area contributed by atoms with Crippen molar-refractivity contribution in [1.82, 2.24) is 0 Å². The molecule has 0 fully saturated rings. The minimum Gasteiger partial charge on any atom is -0.384 e. The molecule has 1 aromatic rings. The summed E-state index contributed by atoms with van der Waals surface area (Å²) in [5.74, 6) is 0.0799. The molecule has 0 heterocycles. The molecule has 0 saturated heterocycles. The number of aryl methyl sites for hydroxylation is 1. The van der Waals surface area contributed by atoms with E-state index in [-0.39, 0.29) is 11.9 Å². The predicted molar refractivity (Wildman–Crippen MR) is 67.2 cm³/mol. The lowest BCUT2D eigenvalue weighted by molar-refractivity contribution is 0.129. The maximum atomic E-state index is 7.51. The molecule has 4 heteroatoms. The van der Waals surface area contributed by atoms with Gasteiger partial charge in [-0.1, -0.05) is 12.1 Å². The fourth-order valence-corrected chi connectivity index (χ4v) is 1.46. The first-order valence-electron chi connectivity index (χ1n) is 5.27. The van der Waals surface area contributed by atoms with Crippen molar-refractivity contribution in [1.29, 1.82) is 5.41 Å². The number of methoxy groups -OCH3 is 1. The fraction of sp³-hybridized carbons (Fsp3) is 0.417. The van der Waals surface area contributed by atoms with Crippen LogP contribution >= 0.6 is 0 Å². The fourth-order valence-electron chi connectivity index (χ4n) is 1.46. The minimum atomic E-state index is 0.0799. The van der Waals surface area contributed by atoms with Gasteiger partial charge in [0.25, 0.3) is 0 Å². The number of ether oxygens (including phenoxy) is 1. The first kappa shape index (κ1) is 12.5. The molecule has 0 saturated carbocycles. The highest BCUT2D eigenvalue weighted by Gasteiger charge is 2.08. The first-order chi connectivity index (χ1) is 7.56. The van der Waals surface area contributed by atoms with Crippen molar-refractivity contribution in [3.05, 3.63) is 29.3 Å². The van der Waals surface area contributed by atoms with Gasteiger partial charge in [0, 0.05) is 24.9 Å². The van der Waals surface area contributed by atoms with Crippen LogP contribution in [0.1, 0.15) is 18.1 Å². The Bertz CT molecular complexity index is 377. The van der Waals surface area contributed by atoms with Gasteiger partial charge in [-0.05, 0) is 25.5 Å². The smallest absolute Gasteiger partial charge is 0.124 e. The van der Waals surface area contributed by atoms with Crippen LogP contribution in [0.5, 0.6) is 0 Å². The molecule has 16 heavy (non-hydrogen) atoms. The molecule has 1 aromatic carbocycles. The molecule has 0 aliphatic heterocycles. The van der Waals surface area contributed by atoms with Gasteiger partial charge in [0.05, 0.1) is 6.10 Å². The Morgan fingerprint density at radius 3 is 2.81 bits per heavy atom. The highest BCUT2D eigenvalue weighted by Crippen LogP contribution is 2.20. The zero-order valence-electron chi connectivity index (χ0n) is 10.0. The third kappa shape index (κ3) is 2.97. The first-order valence-corrected chi connectivity index (χ1v) is 5.27. The Balaban J connectivity index is 2.88. The molecule has 4 N–H and O–H groups in total. The Labute approximate surface area is 96.3 Å². The summed E-state index contributed by atoms with van der Waals surface area (Å²) in [7, 11) is 1.68. The van der Waals surface area contributed by atoms with Crippen LogP contribution < -0.4 is 11.1 Å². The average molecular weight is 221 g/mol. The van der Waals surface area contributed by atoms with Gasteiger partial charge in [-0.15, -0.1) is 0 Å². The normalized spacial score (nSPS) is 12.2. The van der Waals surface area contributed by atoms with Gasteiger partial charge in [0.15, 0.2) is 0 Å². The van der Waals surface area contributed by atoms with E-state index in [2.05, 4.69) is 5.32 Å². The summed E-state index contributed by atoms with van der Waals surface area (Å²) in [6, 6.07) is 5.73. The van der Waals surface area contributed by atoms with Crippen molar-refractivity contribution in [3.63, 3.8) is 0 Å². The zero-order valence-corrected chi connectivity index (χ0v) is 10.0. The third-order valence-corrected chi connectivity index (χ3v) is 2.53. The average Bonchev–Trinajstić information content (AvgIpc) is 2.26. The zero-order chi connectivity index (χ0) is 12.1. The summed E-state index contributed by atoms with van der Waals surface area (Å²) in [5, 5.41) is 10.8. The maximum Gasteiger partial charge on any atom is 0.124 e. The van der Waals surface area contributed by atoms with Crippen molar-refractivity contribution in [2.75, 3.05) is 19.0 Å². The van der Waals surface area contributed by atoms with Crippen LogP contribution in [0.2, 0.25) is 0 Å². The minimum absolute atomic E-state index is 0.0799. The van der Waals surface area contributed by atoms with Gasteiger partial charge in [0.1, 0.15) is 5.84 Å². The third-order valence-electron chi connectivity index (χ3n) is 2.53. The molecule has 0 radical (unpaired) electrons. The van der Waals surface area contributed by atoms with Crippen LogP contribution in [0.3, 0.4) is 0 Å². The SMILES string of the molecule is COC(C)CNc1c(C)cccc1C(=N)N. The van der Waals surface area contributed by atoms with E-state index in [1.807, 2.05) is 32.0 Å². The Hall–Kier alpha value is -1.55. The van der Waals surface area contributed by atoms with E-state index in [9.17, 15) is 0 Å². The lowest BCUT2D eigenvalue weighted by Crippen LogP contribution is -2.21. The number of nitrogens with two attached hydrogens (primary N) is 1. The number of amidine groups is 1. The second-order valence-corrected chi connectivity index (χ2v) is 3.84. The molecular weight excluding hydrogens is 202 g/mol. The largest absolute Gasteiger partial charge is 0.384 e. The molecule has 88 valence electrons. The highest BCUT2D eigenvalue weighted by molar-refractivity contribution is 6.00. The van der Waals surface area contributed by atoms with Crippen LogP contribution in [-0.4, -0.2) is 25.6 Å². The summed E-state index contributed by atoms with van der Waals surface area (Å²) in [6.45, 7) is 4.67. The van der Waals surface area contributed by atoms with Gasteiger partial charge in [0.2, 0.25) is 0 Å². The molecule has 0 aliphatic carbocycles. The van der Waals surface area contributed by atoms with Crippen LogP contribution in [-0.2, 0) is 4.74 Å². The van der Waals surface area contributed by atoms with E-state index in [0.717, 1.165) is 16.8 Å². The molecule has 1 unspecified atom stereocenters. The monoisotopic (exact) mass is 221 g/mol. The second-order valence-electron chi connectivity index (χ2n) is 3.84. The number of nitrogen functional groups attached to an aromatic ring is 1. The van der Waals surface area contributed by atoms with E-state index in [4.69, 9.17) is 15.9 Å². The van der Waals surface area contributed by atoms with Crippen molar-refractivity contribution in [2.45, 2.75) is 20.0 Å². The van der Waals surface area contributed by atoms with Crippen LogP contribution in [0.15, 0.2) is 18.2 Å². The topological polar surface area (TPSA) is 71.1 Å². The molecule has 0 amide bonds. The molecule has 0 aliphatic rings. The van der Waals surface area contributed by atoms with Crippen molar-refractivity contribution >= 4 is 11.5 Å². The van der Waals surface area contributed by atoms with Gasteiger partial charge in [-0.25, -0.2) is 0 Å². The van der Waals surface area contributed by atoms with Gasteiger partial charge >= 0.3 is 0 Å². The number of para-hydroxylation sites is 1. The Morgan fingerprint density at radius 1 is 1.56 bits per heavy atom. The molecule has 4 nitrogen and oxygen atoms in total. The molecule has 1 rings (SSSR count). The van der Waals surface area contributed by atoms with Crippen molar-refractivity contribution in [2.24, 2.45) is 5.73 Å². The molecular formula is C12H19N3O. The molecule has 1 atom stereocenters. The van der Waals surface area contributed by atoms with E-state index in [0.29, 0.717) is 6.54 Å². The van der Waals surface area contributed by atoms with Gasteiger partial charge in [-0.3, -0.25) is 5.41 Å². The van der Waals surface area contributed by atoms with E-state index < -0.39 is 0 Å². The summed E-state index contributed by atoms with van der Waals surface area (Å²) < 4.78 is 5.16. The van der Waals surface area contributed by atoms with E-state index in [1.54, 1.807) is 7.11 Å². The summed E-state index contributed by atoms with van der Waals surface area (Å²) in [5.41, 5.74) is 8.27. The van der Waals surface area contributed by atoms with Crippen molar-refractivity contribution in [3.8, 4) is 0 Å². The number of rotatable bonds is 5. The number of benzene rings is 1. The number of hydrogen-bond acceptors (Lipinski definition) is 3. The van der Waals surface area contributed by atoms with Crippen LogP contribution in [0, 0.1) is 12.3 Å². The van der Waals surface area contributed by atoms with Gasteiger partial charge < -0.3 is 15.8 Å². The van der Waals surface area contributed by atoms with Crippen LogP contribution in [0.4, 0.5) is 5.69 Å². The van der Waals surface area contributed by atoms with Crippen molar-refractivity contribution < 1.29 is 4.74 Å². The van der Waals surface area contributed by atoms with E-state index in [1.165, 1.54) is 0 Å². The Kier molecular flexibility index (Phi) is 4.31. The van der Waals surface area contributed by atoms with Crippen LogP contribution in [0.25, 0.3) is 0 Å². The number of nitrogens with one attached hydrogen (secondary N) is 2. The van der Waals surface area contributed by atoms with E-state index >= 15 is 0 Å². The summed E-state index contributed by atoms with van der Waals surface area (Å²) in [4.78, 5) is 0. The maximum absolute atomic E-state index is 7.51. The number of anilines is 1. The van der Waals surface area contributed by atoms with Gasteiger partial charge in [-0.2, -0.15) is 0 Å². The second kappa shape index (κ2) is 5.51. The standard InChI is InChI=1S/C12H19N3O/c1-8-5-4-6-10(12(13)14)11(8)15-7-9(2)16-3/h4-6,9,15H,7H2,1-3H3,(H3,13,14).